The number of hydrogen-bond donors (Lipinski definition) is 1. The van der Waals surface area contributed by atoms with Gasteiger partial charge in [-0.25, -0.2) is 0 Å². The van der Waals surface area contributed by atoms with Crippen molar-refractivity contribution < 1.29 is 14.4 Å². The van der Waals surface area contributed by atoms with Crippen molar-refractivity contribution in [3.05, 3.63) is 70.8 Å². The highest BCUT2D eigenvalue weighted by Crippen LogP contribution is 2.27. The van der Waals surface area contributed by atoms with Crippen LogP contribution < -0.4 is 5.73 Å². The molecule has 1 saturated heterocycles. The summed E-state index contributed by atoms with van der Waals surface area (Å²) in [7, 11) is 0. The van der Waals surface area contributed by atoms with Gasteiger partial charge in [-0.05, 0) is 42.6 Å². The minimum atomic E-state index is -0.352. The van der Waals surface area contributed by atoms with Crippen LogP contribution in [0.15, 0.2) is 48.5 Å². The van der Waals surface area contributed by atoms with Gasteiger partial charge >= 0.3 is 0 Å². The van der Waals surface area contributed by atoms with Crippen LogP contribution in [0.25, 0.3) is 0 Å². The second-order valence-corrected chi connectivity index (χ2v) is 7.08. The molecular formula is C21H22ClN3O3. The summed E-state index contributed by atoms with van der Waals surface area (Å²) in [5.74, 6) is -0.458. The summed E-state index contributed by atoms with van der Waals surface area (Å²) >= 11 is 0. The van der Waals surface area contributed by atoms with E-state index in [0.29, 0.717) is 42.2 Å². The van der Waals surface area contributed by atoms with Gasteiger partial charge in [-0.15, -0.1) is 12.4 Å². The summed E-state index contributed by atoms with van der Waals surface area (Å²) in [4.78, 5) is 41.1. The molecule has 0 aliphatic carbocycles. The van der Waals surface area contributed by atoms with E-state index in [-0.39, 0.29) is 36.7 Å². The van der Waals surface area contributed by atoms with Crippen LogP contribution in [0.3, 0.4) is 0 Å². The number of carbonyl (C=O) groups excluding carboxylic acids is 3. The normalized spacial score (nSPS) is 18.2. The second kappa shape index (κ2) is 8.12. The van der Waals surface area contributed by atoms with Gasteiger partial charge in [0.25, 0.3) is 17.7 Å². The summed E-state index contributed by atoms with van der Waals surface area (Å²) in [6.07, 6.45) is 0.898. The number of likely N-dealkylation sites (tertiary alicyclic amines) is 1. The molecule has 4 rings (SSSR count). The average molecular weight is 400 g/mol. The second-order valence-electron chi connectivity index (χ2n) is 7.08. The number of benzene rings is 2. The molecule has 2 aromatic carbocycles. The molecule has 2 aliphatic rings. The van der Waals surface area contributed by atoms with E-state index in [9.17, 15) is 14.4 Å². The number of nitrogens with zero attached hydrogens (tertiary/aromatic N) is 2. The van der Waals surface area contributed by atoms with Crippen LogP contribution in [-0.4, -0.2) is 47.2 Å². The molecule has 1 unspecified atom stereocenters. The Labute approximate surface area is 169 Å². The summed E-state index contributed by atoms with van der Waals surface area (Å²) in [5.41, 5.74) is 7.67. The lowest BCUT2D eigenvalue weighted by Gasteiger charge is -2.16. The first-order valence-corrected chi connectivity index (χ1v) is 9.12. The molecule has 6 nitrogen and oxygen atoms in total. The summed E-state index contributed by atoms with van der Waals surface area (Å²) < 4.78 is 0. The van der Waals surface area contributed by atoms with Gasteiger partial charge in [-0.3, -0.25) is 19.3 Å². The van der Waals surface area contributed by atoms with E-state index in [1.54, 1.807) is 23.1 Å². The van der Waals surface area contributed by atoms with Gasteiger partial charge < -0.3 is 10.6 Å². The zero-order valence-corrected chi connectivity index (χ0v) is 16.2. The molecule has 0 saturated carbocycles. The van der Waals surface area contributed by atoms with Crippen molar-refractivity contribution in [2.75, 3.05) is 19.6 Å². The Balaban J connectivity index is 0.00000225. The topological polar surface area (TPSA) is 83.7 Å². The molecule has 0 aromatic heterocycles. The van der Waals surface area contributed by atoms with Crippen LogP contribution >= 0.6 is 12.4 Å². The molecule has 2 heterocycles. The molecule has 0 bridgehead atoms. The Hall–Kier alpha value is -2.70. The van der Waals surface area contributed by atoms with Gasteiger partial charge in [0.15, 0.2) is 0 Å². The molecule has 7 heteroatoms. The van der Waals surface area contributed by atoms with E-state index in [4.69, 9.17) is 5.73 Å². The van der Waals surface area contributed by atoms with Crippen molar-refractivity contribution in [1.82, 2.24) is 9.80 Å². The molecule has 1 atom stereocenters. The van der Waals surface area contributed by atoms with Gasteiger partial charge in [0, 0.05) is 18.7 Å². The Bertz CT molecular complexity index is 916. The Morgan fingerprint density at radius 2 is 1.75 bits per heavy atom. The Morgan fingerprint density at radius 3 is 2.43 bits per heavy atom. The number of fused-ring (bicyclic) bond motifs is 1. The van der Waals surface area contributed by atoms with Crippen LogP contribution in [0.4, 0.5) is 0 Å². The first kappa shape index (κ1) is 20.0. The molecule has 2 N–H and O–H groups in total. The zero-order chi connectivity index (χ0) is 19.0. The van der Waals surface area contributed by atoms with Crippen molar-refractivity contribution in [1.29, 1.82) is 0 Å². The van der Waals surface area contributed by atoms with E-state index in [1.165, 1.54) is 4.90 Å². The van der Waals surface area contributed by atoms with Crippen LogP contribution in [0, 0.1) is 5.92 Å². The lowest BCUT2D eigenvalue weighted by molar-refractivity contribution is 0.0642. The van der Waals surface area contributed by atoms with Crippen LogP contribution in [-0.2, 0) is 6.54 Å². The number of imide groups is 1. The molecular weight excluding hydrogens is 378 g/mol. The van der Waals surface area contributed by atoms with Crippen molar-refractivity contribution >= 4 is 30.1 Å². The molecule has 0 radical (unpaired) electrons. The Morgan fingerprint density at radius 1 is 1.04 bits per heavy atom. The largest absolute Gasteiger partial charge is 0.338 e. The van der Waals surface area contributed by atoms with E-state index in [1.807, 2.05) is 30.3 Å². The summed E-state index contributed by atoms with van der Waals surface area (Å²) in [5, 5.41) is 0. The standard InChI is InChI=1S/C21H21N3O3.ClH/c22-11-15-8-9-23(12-15)19(25)16-6-7-17-18(10-16)21(27)24(20(17)26)13-14-4-2-1-3-5-14;/h1-7,10,15H,8-9,11-13,22H2;1H. The molecule has 2 aliphatic heterocycles. The highest BCUT2D eigenvalue weighted by atomic mass is 35.5. The Kier molecular flexibility index (Phi) is 5.82. The number of amides is 3. The quantitative estimate of drug-likeness (QED) is 0.800. The summed E-state index contributed by atoms with van der Waals surface area (Å²) in [6.45, 7) is 2.10. The predicted molar refractivity (Wildman–Crippen MR) is 107 cm³/mol. The molecule has 0 spiro atoms. The first-order chi connectivity index (χ1) is 13.1. The maximum absolute atomic E-state index is 12.8. The highest BCUT2D eigenvalue weighted by Gasteiger charge is 2.36. The number of carbonyl (C=O) groups is 3. The zero-order valence-electron chi connectivity index (χ0n) is 15.3. The van der Waals surface area contributed by atoms with Crippen molar-refractivity contribution in [3.63, 3.8) is 0 Å². The average Bonchev–Trinajstić information content (AvgIpc) is 3.27. The fourth-order valence-electron chi connectivity index (χ4n) is 3.73. The van der Waals surface area contributed by atoms with Gasteiger partial charge in [0.05, 0.1) is 17.7 Å². The van der Waals surface area contributed by atoms with Gasteiger partial charge in [-0.2, -0.15) is 0 Å². The third-order valence-electron chi connectivity index (χ3n) is 5.31. The maximum atomic E-state index is 12.8. The van der Waals surface area contributed by atoms with Crippen molar-refractivity contribution in [3.8, 4) is 0 Å². The minimum absolute atomic E-state index is 0. The molecule has 28 heavy (non-hydrogen) atoms. The number of halogens is 1. The van der Waals surface area contributed by atoms with Crippen molar-refractivity contribution in [2.24, 2.45) is 11.7 Å². The minimum Gasteiger partial charge on any atom is -0.338 e. The number of nitrogens with two attached hydrogens (primary N) is 1. The van der Waals surface area contributed by atoms with Crippen LogP contribution in [0.2, 0.25) is 0 Å². The predicted octanol–water partition coefficient (Wildman–Crippen LogP) is 2.33. The van der Waals surface area contributed by atoms with E-state index in [0.717, 1.165) is 12.0 Å². The fraction of sp³-hybridized carbons (Fsp3) is 0.286. The maximum Gasteiger partial charge on any atom is 0.261 e. The van der Waals surface area contributed by atoms with Crippen molar-refractivity contribution in [2.45, 2.75) is 13.0 Å². The molecule has 3 amide bonds. The fourth-order valence-corrected chi connectivity index (χ4v) is 3.73. The van der Waals surface area contributed by atoms with Crippen LogP contribution in [0.5, 0.6) is 0 Å². The van der Waals surface area contributed by atoms with Gasteiger partial charge in [0.2, 0.25) is 0 Å². The highest BCUT2D eigenvalue weighted by molar-refractivity contribution is 6.22. The van der Waals surface area contributed by atoms with E-state index < -0.39 is 0 Å². The van der Waals surface area contributed by atoms with Crippen LogP contribution in [0.1, 0.15) is 43.1 Å². The van der Waals surface area contributed by atoms with Gasteiger partial charge in [0.1, 0.15) is 0 Å². The smallest absolute Gasteiger partial charge is 0.261 e. The third kappa shape index (κ3) is 3.53. The lowest BCUT2D eigenvalue weighted by atomic mass is 10.0. The monoisotopic (exact) mass is 399 g/mol. The first-order valence-electron chi connectivity index (χ1n) is 9.12. The van der Waals surface area contributed by atoms with E-state index >= 15 is 0 Å². The molecule has 1 fully saturated rings. The number of hydrogen-bond acceptors (Lipinski definition) is 4. The molecule has 146 valence electrons. The molecule has 2 aromatic rings. The van der Waals surface area contributed by atoms with E-state index in [2.05, 4.69) is 0 Å². The SMILES string of the molecule is Cl.NCC1CCN(C(=O)c2ccc3c(c2)C(=O)N(Cc2ccccc2)C3=O)C1. The summed E-state index contributed by atoms with van der Waals surface area (Å²) in [6, 6.07) is 14.2. The lowest BCUT2D eigenvalue weighted by Crippen LogP contribution is -2.30. The number of rotatable bonds is 4. The van der Waals surface area contributed by atoms with Gasteiger partial charge in [-0.1, -0.05) is 30.3 Å². The third-order valence-corrected chi connectivity index (χ3v) is 5.31.